The number of rotatable bonds is 6. The molecule has 0 bridgehead atoms. The molecule has 216 valence electrons. The van der Waals surface area contributed by atoms with Crippen LogP contribution in [-0.4, -0.2) is 33.6 Å². The number of aromatic nitrogens is 3. The van der Waals surface area contributed by atoms with Crippen LogP contribution in [0.3, 0.4) is 0 Å². The molecule has 3 aromatic rings. The minimum atomic E-state index is -0.657. The zero-order valence-corrected chi connectivity index (χ0v) is 23.0. The maximum Gasteiger partial charge on any atom is 0.414 e. The second-order valence-electron chi connectivity index (χ2n) is 12.0. The van der Waals surface area contributed by atoms with Gasteiger partial charge in [-0.1, -0.05) is 25.0 Å². The van der Waals surface area contributed by atoms with Gasteiger partial charge in [0.25, 0.3) is 0 Å². The number of aromatic amines is 1. The Balaban J connectivity index is 1.20. The number of ether oxygens (including phenoxy) is 1. The Hall–Kier alpha value is -4.34. The lowest BCUT2D eigenvalue weighted by Crippen LogP contribution is -2.35. The number of allylic oxidation sites excluding steroid dienone is 3. The molecule has 0 saturated heterocycles. The highest BCUT2D eigenvalue weighted by atomic mass is 19.1. The number of halogens is 2. The van der Waals surface area contributed by atoms with Crippen molar-refractivity contribution in [1.29, 1.82) is 0 Å². The third kappa shape index (κ3) is 5.21. The fraction of sp³-hybridized carbons (Fsp3) is 0.375. The van der Waals surface area contributed by atoms with Gasteiger partial charge in [-0.2, -0.15) is 0 Å². The lowest BCUT2D eigenvalue weighted by molar-refractivity contribution is -0.118. The van der Waals surface area contributed by atoms with Gasteiger partial charge in [0.05, 0.1) is 11.3 Å². The maximum absolute atomic E-state index is 13.8. The largest absolute Gasteiger partial charge is 0.414 e. The monoisotopic (exact) mass is 571 g/mol. The van der Waals surface area contributed by atoms with Crippen molar-refractivity contribution in [3.8, 4) is 17.0 Å². The van der Waals surface area contributed by atoms with E-state index < -0.39 is 23.6 Å². The quantitative estimate of drug-likeness (QED) is 0.306. The summed E-state index contributed by atoms with van der Waals surface area (Å²) < 4.78 is 33.1. The summed E-state index contributed by atoms with van der Waals surface area (Å²) in [6.07, 6.45) is 12.5. The Kier molecular flexibility index (Phi) is 6.63. The summed E-state index contributed by atoms with van der Waals surface area (Å²) in [5.41, 5.74) is 3.70. The second-order valence-corrected chi connectivity index (χ2v) is 12.0. The number of H-pyrrole nitrogens is 1. The first-order valence-electron chi connectivity index (χ1n) is 14.5. The molecule has 4 aliphatic rings. The molecule has 1 spiro atoms. The maximum atomic E-state index is 13.8. The van der Waals surface area contributed by atoms with Crippen LogP contribution in [-0.2, 0) is 4.79 Å². The number of amides is 1. The number of nitrogens with one attached hydrogen (secondary N) is 3. The average Bonchev–Trinajstić information content (AvgIpc) is 3.57. The SMILES string of the molecule is O=C(NCC1CC1)Oc1n[nH]c2c1C(/C=C/c1ccc(-c3cc(F)cc(F)c3)cn1)C1=C(CC3(CCCC3)CC1=O)N2. The van der Waals surface area contributed by atoms with Gasteiger partial charge in [0.1, 0.15) is 17.5 Å². The van der Waals surface area contributed by atoms with Crippen molar-refractivity contribution in [1.82, 2.24) is 20.5 Å². The van der Waals surface area contributed by atoms with E-state index in [1.807, 2.05) is 6.08 Å². The van der Waals surface area contributed by atoms with E-state index in [1.54, 1.807) is 24.4 Å². The number of carbonyl (C=O) groups is 2. The first-order valence-corrected chi connectivity index (χ1v) is 14.5. The van der Waals surface area contributed by atoms with Gasteiger partial charge in [-0.15, -0.1) is 5.10 Å². The van der Waals surface area contributed by atoms with Crippen molar-refractivity contribution in [3.05, 3.63) is 76.8 Å². The summed E-state index contributed by atoms with van der Waals surface area (Å²) in [5, 5.41) is 13.5. The van der Waals surface area contributed by atoms with Crippen LogP contribution in [0, 0.1) is 23.0 Å². The van der Waals surface area contributed by atoms with E-state index in [0.29, 0.717) is 52.7 Å². The summed E-state index contributed by atoms with van der Waals surface area (Å²) in [4.78, 5) is 30.8. The van der Waals surface area contributed by atoms with E-state index in [4.69, 9.17) is 4.74 Å². The number of nitrogens with zero attached hydrogens (tertiary/aromatic N) is 2. The molecular formula is C32H31F2N5O3. The molecule has 10 heteroatoms. The Bertz CT molecular complexity index is 1600. The van der Waals surface area contributed by atoms with E-state index in [-0.39, 0.29) is 17.1 Å². The summed E-state index contributed by atoms with van der Waals surface area (Å²) in [6.45, 7) is 0.562. The predicted octanol–water partition coefficient (Wildman–Crippen LogP) is 6.65. The average molecular weight is 572 g/mol. The molecule has 7 rings (SSSR count). The normalized spacial score (nSPS) is 20.9. The zero-order valence-electron chi connectivity index (χ0n) is 23.0. The lowest BCUT2D eigenvalue weighted by Gasteiger charge is -2.39. The summed E-state index contributed by atoms with van der Waals surface area (Å²) in [7, 11) is 0. The molecule has 42 heavy (non-hydrogen) atoms. The number of benzene rings is 1. The molecule has 1 aromatic carbocycles. The smallest absolute Gasteiger partial charge is 0.389 e. The number of anilines is 1. The van der Waals surface area contributed by atoms with Crippen LogP contribution in [0.2, 0.25) is 0 Å². The predicted molar refractivity (Wildman–Crippen MR) is 152 cm³/mol. The standard InChI is InChI=1S/C32H31F2N5O3/c33-21-11-20(12-22(34)13-21)19-5-6-23(35-17-19)7-8-24-27-25(14-32(15-26(27)40)9-1-2-10-32)37-29-28(24)30(39-38-29)42-31(41)36-16-18-3-4-18/h5-8,11-13,17-18,24H,1-4,9-10,14-16H2,(H,36,41)(H2,37,38,39)/b8-7+. The summed E-state index contributed by atoms with van der Waals surface area (Å²) >= 11 is 0. The number of ketones is 1. The van der Waals surface area contributed by atoms with Crippen LogP contribution in [0.5, 0.6) is 5.88 Å². The number of pyridine rings is 1. The highest BCUT2D eigenvalue weighted by molar-refractivity contribution is 6.01. The van der Waals surface area contributed by atoms with E-state index >= 15 is 0 Å². The van der Waals surface area contributed by atoms with E-state index in [9.17, 15) is 18.4 Å². The molecule has 3 N–H and O–H groups in total. The molecule has 3 heterocycles. The van der Waals surface area contributed by atoms with Gasteiger partial charge < -0.3 is 15.4 Å². The molecule has 2 fully saturated rings. The minimum absolute atomic E-state index is 0.00942. The van der Waals surface area contributed by atoms with Gasteiger partial charge in [0.15, 0.2) is 5.78 Å². The summed E-state index contributed by atoms with van der Waals surface area (Å²) in [6, 6.07) is 6.84. The van der Waals surface area contributed by atoms with Crippen LogP contribution < -0.4 is 15.4 Å². The Labute approximate surface area is 241 Å². The van der Waals surface area contributed by atoms with E-state index in [0.717, 1.165) is 56.7 Å². The van der Waals surface area contributed by atoms with Gasteiger partial charge >= 0.3 is 6.09 Å². The molecule has 8 nitrogen and oxygen atoms in total. The highest BCUT2D eigenvalue weighted by Gasteiger charge is 2.46. The molecule has 1 amide bonds. The third-order valence-corrected chi connectivity index (χ3v) is 8.91. The molecule has 0 radical (unpaired) electrons. The van der Waals surface area contributed by atoms with Crippen molar-refractivity contribution in [3.63, 3.8) is 0 Å². The number of hydrogen-bond acceptors (Lipinski definition) is 6. The lowest BCUT2D eigenvalue weighted by atomic mass is 9.68. The first kappa shape index (κ1) is 26.6. The van der Waals surface area contributed by atoms with Gasteiger partial charge in [0, 0.05) is 48.0 Å². The fourth-order valence-corrected chi connectivity index (χ4v) is 6.63. The Morgan fingerprint density at radius 1 is 1.10 bits per heavy atom. The third-order valence-electron chi connectivity index (χ3n) is 8.91. The number of carbonyl (C=O) groups excluding carboxylic acids is 2. The molecule has 1 unspecified atom stereocenters. The summed E-state index contributed by atoms with van der Waals surface area (Å²) in [5.74, 6) is -0.507. The van der Waals surface area contributed by atoms with Crippen LogP contribution >= 0.6 is 0 Å². The molecule has 2 aromatic heterocycles. The molecular weight excluding hydrogens is 540 g/mol. The second kappa shape index (κ2) is 10.5. The van der Waals surface area contributed by atoms with Gasteiger partial charge in [-0.05, 0) is 73.3 Å². The number of Topliss-reactive ketones (excluding diaryl/α,β-unsaturated/α-hetero) is 1. The van der Waals surface area contributed by atoms with Crippen molar-refractivity contribution in [2.75, 3.05) is 11.9 Å². The number of fused-ring (bicyclic) bond motifs is 1. The van der Waals surface area contributed by atoms with Crippen LogP contribution in [0.1, 0.15) is 68.5 Å². The highest BCUT2D eigenvalue weighted by Crippen LogP contribution is 2.54. The molecule has 3 aliphatic carbocycles. The Morgan fingerprint density at radius 2 is 1.88 bits per heavy atom. The van der Waals surface area contributed by atoms with Crippen molar-refractivity contribution in [2.24, 2.45) is 11.3 Å². The van der Waals surface area contributed by atoms with Gasteiger partial charge in [-0.3, -0.25) is 14.9 Å². The van der Waals surface area contributed by atoms with Gasteiger partial charge in [-0.25, -0.2) is 13.6 Å². The molecule has 1 atom stereocenters. The topological polar surface area (TPSA) is 109 Å². The van der Waals surface area contributed by atoms with E-state index in [1.165, 1.54) is 12.1 Å². The van der Waals surface area contributed by atoms with Gasteiger partial charge in [0.2, 0.25) is 5.88 Å². The first-order chi connectivity index (χ1) is 20.4. The van der Waals surface area contributed by atoms with Crippen molar-refractivity contribution < 1.29 is 23.1 Å². The van der Waals surface area contributed by atoms with Crippen molar-refractivity contribution in [2.45, 2.75) is 57.3 Å². The minimum Gasteiger partial charge on any atom is -0.389 e. The Morgan fingerprint density at radius 3 is 2.60 bits per heavy atom. The van der Waals surface area contributed by atoms with Crippen LogP contribution in [0.15, 0.2) is 53.9 Å². The van der Waals surface area contributed by atoms with Crippen LogP contribution in [0.25, 0.3) is 17.2 Å². The zero-order chi connectivity index (χ0) is 28.8. The fourth-order valence-electron chi connectivity index (χ4n) is 6.63. The van der Waals surface area contributed by atoms with E-state index in [2.05, 4.69) is 25.8 Å². The molecule has 2 saturated carbocycles. The molecule has 1 aliphatic heterocycles. The van der Waals surface area contributed by atoms with Crippen molar-refractivity contribution >= 4 is 23.8 Å². The van der Waals surface area contributed by atoms with Crippen LogP contribution in [0.4, 0.5) is 19.4 Å². The number of hydrogen-bond donors (Lipinski definition) is 3.